The SMILES string of the molecule is CNC(=O)Cc1nc(-c2cc(C(C)=O)cs2)cs1. The number of carbonyl (C=O) groups excluding carboxylic acids is 2. The van der Waals surface area contributed by atoms with E-state index in [0.717, 1.165) is 15.6 Å². The van der Waals surface area contributed by atoms with Crippen LogP contribution in [0.25, 0.3) is 10.6 Å². The lowest BCUT2D eigenvalue weighted by molar-refractivity contribution is -0.119. The second kappa shape index (κ2) is 5.41. The zero-order valence-electron chi connectivity index (χ0n) is 10.0. The summed E-state index contributed by atoms with van der Waals surface area (Å²) in [6.45, 7) is 1.55. The van der Waals surface area contributed by atoms with Crippen molar-refractivity contribution in [3.05, 3.63) is 27.4 Å². The normalized spacial score (nSPS) is 10.3. The zero-order valence-corrected chi connectivity index (χ0v) is 11.7. The average Bonchev–Trinajstić information content (AvgIpc) is 2.96. The van der Waals surface area contributed by atoms with E-state index in [1.807, 2.05) is 16.8 Å². The smallest absolute Gasteiger partial charge is 0.226 e. The van der Waals surface area contributed by atoms with Crippen molar-refractivity contribution >= 4 is 34.4 Å². The van der Waals surface area contributed by atoms with E-state index < -0.39 is 0 Å². The third-order valence-corrected chi connectivity index (χ3v) is 4.20. The summed E-state index contributed by atoms with van der Waals surface area (Å²) in [6, 6.07) is 1.84. The van der Waals surface area contributed by atoms with E-state index in [2.05, 4.69) is 10.3 Å². The van der Waals surface area contributed by atoms with Crippen LogP contribution in [0.15, 0.2) is 16.8 Å². The molecule has 2 rings (SSSR count). The van der Waals surface area contributed by atoms with Crippen LogP contribution >= 0.6 is 22.7 Å². The van der Waals surface area contributed by atoms with Crippen LogP contribution in [-0.4, -0.2) is 23.7 Å². The molecule has 0 aliphatic heterocycles. The first-order chi connectivity index (χ1) is 8.60. The number of likely N-dealkylation sites (N-methyl/N-ethyl adjacent to an activating group) is 1. The molecule has 0 fully saturated rings. The molecule has 18 heavy (non-hydrogen) atoms. The lowest BCUT2D eigenvalue weighted by Crippen LogP contribution is -2.19. The number of nitrogens with one attached hydrogen (secondary N) is 1. The summed E-state index contributed by atoms with van der Waals surface area (Å²) in [5.41, 5.74) is 1.53. The third-order valence-electron chi connectivity index (χ3n) is 2.40. The van der Waals surface area contributed by atoms with Crippen molar-refractivity contribution in [3.63, 3.8) is 0 Å². The summed E-state index contributed by atoms with van der Waals surface area (Å²) in [5.74, 6) is 0.00446. The minimum absolute atomic E-state index is 0.0495. The number of thiophene rings is 1. The van der Waals surface area contributed by atoms with Gasteiger partial charge in [0.2, 0.25) is 5.91 Å². The Hall–Kier alpha value is -1.53. The highest BCUT2D eigenvalue weighted by atomic mass is 32.1. The predicted molar refractivity (Wildman–Crippen MR) is 73.2 cm³/mol. The first kappa shape index (κ1) is 12.9. The Kier molecular flexibility index (Phi) is 3.88. The number of hydrogen-bond donors (Lipinski definition) is 1. The number of Topliss-reactive ketones (excluding diaryl/α,β-unsaturated/α-hetero) is 1. The highest BCUT2D eigenvalue weighted by molar-refractivity contribution is 7.14. The topological polar surface area (TPSA) is 59.1 Å². The summed E-state index contributed by atoms with van der Waals surface area (Å²) in [5, 5.41) is 7.09. The molecule has 0 aromatic carbocycles. The van der Waals surface area contributed by atoms with Gasteiger partial charge in [0.15, 0.2) is 5.78 Å². The molecule has 1 amide bonds. The number of ketones is 1. The van der Waals surface area contributed by atoms with Crippen molar-refractivity contribution in [1.29, 1.82) is 0 Å². The van der Waals surface area contributed by atoms with Gasteiger partial charge < -0.3 is 5.32 Å². The maximum atomic E-state index is 11.2. The van der Waals surface area contributed by atoms with Gasteiger partial charge in [-0.3, -0.25) is 9.59 Å². The fraction of sp³-hybridized carbons (Fsp3) is 0.250. The van der Waals surface area contributed by atoms with E-state index in [1.54, 1.807) is 14.0 Å². The predicted octanol–water partition coefficient (Wildman–Crippen LogP) is 2.36. The maximum Gasteiger partial charge on any atom is 0.226 e. The van der Waals surface area contributed by atoms with E-state index in [4.69, 9.17) is 0 Å². The van der Waals surface area contributed by atoms with Gasteiger partial charge in [-0.15, -0.1) is 22.7 Å². The van der Waals surface area contributed by atoms with E-state index in [1.165, 1.54) is 22.7 Å². The van der Waals surface area contributed by atoms with E-state index >= 15 is 0 Å². The van der Waals surface area contributed by atoms with Crippen molar-refractivity contribution in [2.75, 3.05) is 7.05 Å². The highest BCUT2D eigenvalue weighted by Crippen LogP contribution is 2.28. The quantitative estimate of drug-likeness (QED) is 0.875. The molecule has 4 nitrogen and oxygen atoms in total. The van der Waals surface area contributed by atoms with Crippen LogP contribution in [0.2, 0.25) is 0 Å². The second-order valence-corrected chi connectivity index (χ2v) is 5.59. The second-order valence-electron chi connectivity index (χ2n) is 3.73. The monoisotopic (exact) mass is 280 g/mol. The molecular weight excluding hydrogens is 268 g/mol. The summed E-state index contributed by atoms with van der Waals surface area (Å²) in [6.07, 6.45) is 0.298. The van der Waals surface area contributed by atoms with Crippen molar-refractivity contribution in [1.82, 2.24) is 10.3 Å². The Morgan fingerprint density at radius 1 is 1.33 bits per heavy atom. The number of nitrogens with zero attached hydrogens (tertiary/aromatic N) is 1. The lowest BCUT2D eigenvalue weighted by atomic mass is 10.2. The summed E-state index contributed by atoms with van der Waals surface area (Å²) in [7, 11) is 1.61. The average molecular weight is 280 g/mol. The van der Waals surface area contributed by atoms with Crippen molar-refractivity contribution in [2.45, 2.75) is 13.3 Å². The zero-order chi connectivity index (χ0) is 13.1. The molecule has 2 aromatic rings. The molecule has 0 atom stereocenters. The molecule has 0 aliphatic rings. The van der Waals surface area contributed by atoms with E-state index in [9.17, 15) is 9.59 Å². The minimum atomic E-state index is -0.0495. The summed E-state index contributed by atoms with van der Waals surface area (Å²) < 4.78 is 0. The summed E-state index contributed by atoms with van der Waals surface area (Å²) >= 11 is 2.95. The van der Waals surface area contributed by atoms with Gasteiger partial charge in [-0.05, 0) is 13.0 Å². The molecule has 94 valence electrons. The Labute approximate surface area is 113 Å². The number of aromatic nitrogens is 1. The number of thiazole rings is 1. The molecule has 1 N–H and O–H groups in total. The fourth-order valence-corrected chi connectivity index (χ4v) is 3.16. The molecule has 0 saturated heterocycles. The van der Waals surface area contributed by atoms with Gasteiger partial charge in [-0.2, -0.15) is 0 Å². The molecule has 0 saturated carbocycles. The molecule has 0 bridgehead atoms. The molecule has 6 heteroatoms. The molecule has 0 aliphatic carbocycles. The van der Waals surface area contributed by atoms with Gasteiger partial charge in [-0.25, -0.2) is 4.98 Å². The van der Waals surface area contributed by atoms with E-state index in [-0.39, 0.29) is 11.7 Å². The largest absolute Gasteiger partial charge is 0.359 e. The minimum Gasteiger partial charge on any atom is -0.359 e. The van der Waals surface area contributed by atoms with Crippen LogP contribution in [0.1, 0.15) is 22.3 Å². The number of amides is 1. The standard InChI is InChI=1S/C12H12N2O2S2/c1-7(15)8-3-10(17-5-8)9-6-18-12(14-9)4-11(16)13-2/h3,5-6H,4H2,1-2H3,(H,13,16). The lowest BCUT2D eigenvalue weighted by Gasteiger charge is -1.94. The molecule has 0 radical (unpaired) electrons. The van der Waals surface area contributed by atoms with Crippen molar-refractivity contribution in [3.8, 4) is 10.6 Å². The van der Waals surface area contributed by atoms with Crippen LogP contribution in [0.4, 0.5) is 0 Å². The Bertz CT molecular complexity index is 586. The Morgan fingerprint density at radius 2 is 2.11 bits per heavy atom. The van der Waals surface area contributed by atoms with Gasteiger partial charge >= 0.3 is 0 Å². The van der Waals surface area contributed by atoms with E-state index in [0.29, 0.717) is 12.0 Å². The fourth-order valence-electron chi connectivity index (χ4n) is 1.39. The highest BCUT2D eigenvalue weighted by Gasteiger charge is 2.11. The van der Waals surface area contributed by atoms with Gasteiger partial charge in [0.05, 0.1) is 17.0 Å². The first-order valence-electron chi connectivity index (χ1n) is 5.35. The third kappa shape index (κ3) is 2.83. The Balaban J connectivity index is 2.18. The molecule has 0 spiro atoms. The van der Waals surface area contributed by atoms with Gasteiger partial charge in [0, 0.05) is 23.4 Å². The maximum absolute atomic E-state index is 11.2. The number of carbonyl (C=O) groups is 2. The molecule has 0 unspecified atom stereocenters. The first-order valence-corrected chi connectivity index (χ1v) is 7.11. The number of rotatable bonds is 4. The van der Waals surface area contributed by atoms with Crippen molar-refractivity contribution < 1.29 is 9.59 Å². The van der Waals surface area contributed by atoms with Crippen molar-refractivity contribution in [2.24, 2.45) is 0 Å². The van der Waals surface area contributed by atoms with Gasteiger partial charge in [-0.1, -0.05) is 0 Å². The Morgan fingerprint density at radius 3 is 2.72 bits per heavy atom. The van der Waals surface area contributed by atoms with Gasteiger partial charge in [0.25, 0.3) is 0 Å². The molecular formula is C12H12N2O2S2. The van der Waals surface area contributed by atoms with Crippen LogP contribution in [0.3, 0.4) is 0 Å². The van der Waals surface area contributed by atoms with Crippen LogP contribution in [-0.2, 0) is 11.2 Å². The van der Waals surface area contributed by atoms with Crippen LogP contribution < -0.4 is 5.32 Å². The van der Waals surface area contributed by atoms with Crippen LogP contribution in [0, 0.1) is 0 Å². The molecule has 2 aromatic heterocycles. The number of hydrogen-bond acceptors (Lipinski definition) is 5. The summed E-state index contributed by atoms with van der Waals surface area (Å²) in [4.78, 5) is 27.8. The van der Waals surface area contributed by atoms with Crippen LogP contribution in [0.5, 0.6) is 0 Å². The van der Waals surface area contributed by atoms with Gasteiger partial charge in [0.1, 0.15) is 5.01 Å². The molecule has 2 heterocycles.